The quantitative estimate of drug-likeness (QED) is 0.858. The maximum Gasteiger partial charge on any atom is 0.257 e. The van der Waals surface area contributed by atoms with Crippen molar-refractivity contribution in [1.29, 1.82) is 0 Å². The second kappa shape index (κ2) is 7.91. The number of likely N-dealkylation sites (tertiary alicyclic amines) is 1. The molecule has 1 aliphatic rings. The van der Waals surface area contributed by atoms with E-state index in [1.165, 1.54) is 19.3 Å². The summed E-state index contributed by atoms with van der Waals surface area (Å²) in [5.74, 6) is -0.463. The summed E-state index contributed by atoms with van der Waals surface area (Å²) >= 11 is 0. The Hall–Kier alpha value is -3.02. The molecule has 0 atom stereocenters. The molecule has 1 aliphatic heterocycles. The van der Waals surface area contributed by atoms with Crippen LogP contribution < -0.4 is 5.32 Å². The Morgan fingerprint density at radius 3 is 2.23 bits per heavy atom. The van der Waals surface area contributed by atoms with Crippen LogP contribution in [-0.2, 0) is 0 Å². The summed E-state index contributed by atoms with van der Waals surface area (Å²) in [6, 6.07) is 8.23. The fourth-order valence-electron chi connectivity index (χ4n) is 2.95. The van der Waals surface area contributed by atoms with Gasteiger partial charge in [-0.3, -0.25) is 19.4 Å². The van der Waals surface area contributed by atoms with Crippen molar-refractivity contribution in [3.63, 3.8) is 0 Å². The second-order valence-electron chi connectivity index (χ2n) is 6.40. The van der Waals surface area contributed by atoms with Crippen LogP contribution in [0.15, 0.2) is 42.7 Å². The van der Waals surface area contributed by atoms with Crippen LogP contribution in [0.1, 0.15) is 57.3 Å². The molecule has 6 nitrogen and oxygen atoms in total. The molecule has 3 rings (SSSR count). The number of rotatable bonds is 4. The fraction of sp³-hybridized carbons (Fsp3) is 0.300. The largest absolute Gasteiger partial charge is 0.339 e. The Balaban J connectivity index is 1.71. The highest BCUT2D eigenvalue weighted by molar-refractivity contribution is 6.06. The van der Waals surface area contributed by atoms with Crippen LogP contribution in [0.2, 0.25) is 0 Å². The second-order valence-corrected chi connectivity index (χ2v) is 6.40. The van der Waals surface area contributed by atoms with Gasteiger partial charge in [-0.25, -0.2) is 0 Å². The maximum absolute atomic E-state index is 12.6. The Bertz CT molecular complexity index is 824. The first-order valence-corrected chi connectivity index (χ1v) is 8.71. The van der Waals surface area contributed by atoms with E-state index in [1.54, 1.807) is 30.3 Å². The van der Waals surface area contributed by atoms with Crippen LogP contribution in [0, 0.1) is 0 Å². The molecule has 2 amide bonds. The van der Waals surface area contributed by atoms with Gasteiger partial charge < -0.3 is 10.2 Å². The fourth-order valence-corrected chi connectivity index (χ4v) is 2.95. The van der Waals surface area contributed by atoms with Crippen LogP contribution in [0.3, 0.4) is 0 Å². The number of pyridine rings is 1. The third kappa shape index (κ3) is 4.14. The molecule has 0 aliphatic carbocycles. The van der Waals surface area contributed by atoms with Gasteiger partial charge in [-0.2, -0.15) is 0 Å². The number of Topliss-reactive ketones (excluding diaryl/α,β-unsaturated/α-hetero) is 1. The minimum Gasteiger partial charge on any atom is -0.339 e. The van der Waals surface area contributed by atoms with Crippen molar-refractivity contribution in [2.45, 2.75) is 26.2 Å². The van der Waals surface area contributed by atoms with Gasteiger partial charge in [0.15, 0.2) is 5.78 Å². The number of anilines is 1. The number of hydrogen-bond donors (Lipinski definition) is 1. The van der Waals surface area contributed by atoms with Crippen molar-refractivity contribution in [2.24, 2.45) is 0 Å². The lowest BCUT2D eigenvalue weighted by Crippen LogP contribution is -2.35. The SMILES string of the molecule is CC(=O)c1ccc(NC(=O)c2cncc(C(=O)N3CCCCC3)c2)cc1. The minimum absolute atomic E-state index is 0.0315. The molecule has 1 N–H and O–H groups in total. The monoisotopic (exact) mass is 351 g/mol. The van der Waals surface area contributed by atoms with E-state index in [9.17, 15) is 14.4 Å². The number of carbonyl (C=O) groups excluding carboxylic acids is 3. The van der Waals surface area contributed by atoms with Crippen molar-refractivity contribution in [3.8, 4) is 0 Å². The van der Waals surface area contributed by atoms with E-state index < -0.39 is 0 Å². The standard InChI is InChI=1S/C20H21N3O3/c1-14(24)15-5-7-18(8-6-15)22-19(25)16-11-17(13-21-12-16)20(26)23-9-3-2-4-10-23/h5-8,11-13H,2-4,9-10H2,1H3,(H,22,25). The molecule has 134 valence electrons. The minimum atomic E-state index is -0.346. The molecule has 1 aromatic carbocycles. The van der Waals surface area contributed by atoms with Crippen LogP contribution >= 0.6 is 0 Å². The molecule has 2 aromatic rings. The third-order valence-corrected chi connectivity index (χ3v) is 4.44. The topological polar surface area (TPSA) is 79.4 Å². The molecule has 1 aromatic heterocycles. The average Bonchev–Trinajstić information content (AvgIpc) is 2.68. The van der Waals surface area contributed by atoms with E-state index in [4.69, 9.17) is 0 Å². The van der Waals surface area contributed by atoms with Crippen molar-refractivity contribution in [1.82, 2.24) is 9.88 Å². The lowest BCUT2D eigenvalue weighted by Gasteiger charge is -2.26. The highest BCUT2D eigenvalue weighted by Gasteiger charge is 2.19. The van der Waals surface area contributed by atoms with Gasteiger partial charge in [-0.15, -0.1) is 0 Å². The Kier molecular flexibility index (Phi) is 5.41. The maximum atomic E-state index is 12.6. The lowest BCUT2D eigenvalue weighted by molar-refractivity contribution is 0.0723. The number of ketones is 1. The molecule has 2 heterocycles. The van der Waals surface area contributed by atoms with E-state index >= 15 is 0 Å². The molecule has 0 bridgehead atoms. The molecule has 1 saturated heterocycles. The van der Waals surface area contributed by atoms with Crippen LogP contribution in [0.4, 0.5) is 5.69 Å². The van der Waals surface area contributed by atoms with Crippen LogP contribution in [0.5, 0.6) is 0 Å². The van der Waals surface area contributed by atoms with Gasteiger partial charge in [-0.1, -0.05) is 0 Å². The Labute approximate surface area is 152 Å². The number of nitrogens with one attached hydrogen (secondary N) is 1. The summed E-state index contributed by atoms with van der Waals surface area (Å²) in [7, 11) is 0. The molecular formula is C20H21N3O3. The number of aromatic nitrogens is 1. The summed E-state index contributed by atoms with van der Waals surface area (Å²) in [6.45, 7) is 2.99. The summed E-state index contributed by atoms with van der Waals surface area (Å²) in [5.41, 5.74) is 1.90. The normalized spacial score (nSPS) is 14.0. The summed E-state index contributed by atoms with van der Waals surface area (Å²) in [6.07, 6.45) is 6.10. The van der Waals surface area contributed by atoms with Gasteiger partial charge in [-0.05, 0) is 56.5 Å². The number of nitrogens with zero attached hydrogens (tertiary/aromatic N) is 2. The first kappa shape index (κ1) is 17.8. The molecular weight excluding hydrogens is 330 g/mol. The highest BCUT2D eigenvalue weighted by atomic mass is 16.2. The molecule has 1 fully saturated rings. The summed E-state index contributed by atoms with van der Waals surface area (Å²) in [5, 5.41) is 2.75. The number of piperidine rings is 1. The first-order valence-electron chi connectivity index (χ1n) is 8.71. The van der Waals surface area contributed by atoms with Crippen LogP contribution in [-0.4, -0.2) is 40.6 Å². The van der Waals surface area contributed by atoms with Crippen molar-refractivity contribution in [3.05, 3.63) is 59.4 Å². The Morgan fingerprint density at radius 2 is 1.58 bits per heavy atom. The number of hydrogen-bond acceptors (Lipinski definition) is 4. The van der Waals surface area contributed by atoms with Gasteiger partial charge in [0.25, 0.3) is 11.8 Å². The zero-order chi connectivity index (χ0) is 18.5. The van der Waals surface area contributed by atoms with E-state index in [-0.39, 0.29) is 17.6 Å². The highest BCUT2D eigenvalue weighted by Crippen LogP contribution is 2.15. The summed E-state index contributed by atoms with van der Waals surface area (Å²) in [4.78, 5) is 42.2. The molecule has 0 saturated carbocycles. The van der Waals surface area contributed by atoms with Crippen molar-refractivity contribution >= 4 is 23.3 Å². The molecule has 0 spiro atoms. The number of amides is 2. The molecule has 6 heteroatoms. The van der Waals surface area contributed by atoms with E-state index in [2.05, 4.69) is 10.3 Å². The van der Waals surface area contributed by atoms with Gasteiger partial charge >= 0.3 is 0 Å². The predicted octanol–water partition coefficient (Wildman–Crippen LogP) is 3.16. The molecule has 26 heavy (non-hydrogen) atoms. The predicted molar refractivity (Wildman–Crippen MR) is 98.4 cm³/mol. The molecule has 0 unspecified atom stereocenters. The smallest absolute Gasteiger partial charge is 0.257 e. The van der Waals surface area contributed by atoms with E-state index in [1.807, 2.05) is 4.90 Å². The van der Waals surface area contributed by atoms with Crippen molar-refractivity contribution < 1.29 is 14.4 Å². The average molecular weight is 351 g/mol. The zero-order valence-corrected chi connectivity index (χ0v) is 14.7. The van der Waals surface area contributed by atoms with Gasteiger partial charge in [0.1, 0.15) is 0 Å². The first-order chi connectivity index (χ1) is 12.5. The van der Waals surface area contributed by atoms with Gasteiger partial charge in [0.2, 0.25) is 0 Å². The Morgan fingerprint density at radius 1 is 0.923 bits per heavy atom. The van der Waals surface area contributed by atoms with Gasteiger partial charge in [0.05, 0.1) is 11.1 Å². The number of carbonyl (C=O) groups is 3. The molecule has 0 radical (unpaired) electrons. The van der Waals surface area contributed by atoms with Gasteiger partial charge in [0, 0.05) is 36.7 Å². The lowest BCUT2D eigenvalue weighted by atomic mass is 10.1. The zero-order valence-electron chi connectivity index (χ0n) is 14.7. The third-order valence-electron chi connectivity index (χ3n) is 4.44. The summed E-state index contributed by atoms with van der Waals surface area (Å²) < 4.78 is 0. The van der Waals surface area contributed by atoms with Crippen LogP contribution in [0.25, 0.3) is 0 Å². The van der Waals surface area contributed by atoms with E-state index in [0.29, 0.717) is 22.4 Å². The van der Waals surface area contributed by atoms with E-state index in [0.717, 1.165) is 32.4 Å². The number of benzene rings is 1. The van der Waals surface area contributed by atoms with Crippen molar-refractivity contribution in [2.75, 3.05) is 18.4 Å².